The van der Waals surface area contributed by atoms with Crippen LogP contribution in [-0.2, 0) is 17.6 Å². The van der Waals surface area contributed by atoms with Gasteiger partial charge in [-0.2, -0.15) is 0 Å². The van der Waals surface area contributed by atoms with Gasteiger partial charge in [0, 0.05) is 28.5 Å². The van der Waals surface area contributed by atoms with E-state index in [4.69, 9.17) is 11.6 Å². The molecule has 2 heterocycles. The average molecular weight is 369 g/mol. The Kier molecular flexibility index (Phi) is 4.66. The number of carbonyl (C=O) groups is 1. The fourth-order valence-electron chi connectivity index (χ4n) is 4.30. The number of nitrogens with one attached hydrogen (secondary N) is 2. The van der Waals surface area contributed by atoms with Gasteiger partial charge >= 0.3 is 0 Å². The van der Waals surface area contributed by atoms with Crippen LogP contribution in [0.4, 0.5) is 5.69 Å². The number of alkyl halides is 1. The van der Waals surface area contributed by atoms with Gasteiger partial charge in [0.05, 0.1) is 5.57 Å². The van der Waals surface area contributed by atoms with Crippen LogP contribution in [-0.4, -0.2) is 16.8 Å². The van der Waals surface area contributed by atoms with E-state index in [2.05, 4.69) is 36.3 Å². The molecular weight excluding hydrogens is 344 g/mol. The van der Waals surface area contributed by atoms with E-state index in [-0.39, 0.29) is 5.91 Å². The summed E-state index contributed by atoms with van der Waals surface area (Å²) in [5.41, 5.74) is 7.57. The van der Waals surface area contributed by atoms with Gasteiger partial charge in [0.2, 0.25) is 0 Å². The molecule has 1 atom stereocenters. The quantitative estimate of drug-likeness (QED) is 0.553. The smallest absolute Gasteiger partial charge is 0.256 e. The summed E-state index contributed by atoms with van der Waals surface area (Å²) in [5.74, 6) is 1.80. The van der Waals surface area contributed by atoms with E-state index in [0.29, 0.717) is 17.7 Å². The van der Waals surface area contributed by atoms with Crippen molar-refractivity contribution >= 4 is 34.8 Å². The van der Waals surface area contributed by atoms with Gasteiger partial charge in [-0.05, 0) is 72.9 Å². The maximum atomic E-state index is 12.5. The Morgan fingerprint density at radius 1 is 1.31 bits per heavy atom. The number of aromatic nitrogens is 1. The van der Waals surface area contributed by atoms with Crippen LogP contribution < -0.4 is 5.32 Å². The molecule has 2 aromatic rings. The van der Waals surface area contributed by atoms with Crippen LogP contribution in [0.5, 0.6) is 0 Å². The lowest BCUT2D eigenvalue weighted by Gasteiger charge is -2.25. The summed E-state index contributed by atoms with van der Waals surface area (Å²) in [6.45, 7) is 4.59. The van der Waals surface area contributed by atoms with E-state index >= 15 is 0 Å². The second-order valence-electron chi connectivity index (χ2n) is 7.73. The van der Waals surface area contributed by atoms with E-state index < -0.39 is 0 Å². The molecule has 4 heteroatoms. The van der Waals surface area contributed by atoms with Gasteiger partial charge in [0.25, 0.3) is 5.91 Å². The molecule has 0 spiro atoms. The first-order chi connectivity index (χ1) is 12.6. The molecular formula is C22H25ClN2O. The predicted molar refractivity (Wildman–Crippen MR) is 109 cm³/mol. The summed E-state index contributed by atoms with van der Waals surface area (Å²) < 4.78 is 0. The highest BCUT2D eigenvalue weighted by Crippen LogP contribution is 2.39. The van der Waals surface area contributed by atoms with Crippen molar-refractivity contribution in [2.45, 2.75) is 45.4 Å². The first-order valence-electron chi connectivity index (χ1n) is 9.51. The second kappa shape index (κ2) is 6.96. The zero-order chi connectivity index (χ0) is 18.3. The number of aromatic amines is 1. The molecule has 1 amide bonds. The summed E-state index contributed by atoms with van der Waals surface area (Å²) in [6.07, 6.45) is 6.40. The molecule has 3 nitrogen and oxygen atoms in total. The van der Waals surface area contributed by atoms with Gasteiger partial charge in [-0.1, -0.05) is 19.9 Å². The van der Waals surface area contributed by atoms with Gasteiger partial charge in [0.15, 0.2) is 0 Å². The van der Waals surface area contributed by atoms with Crippen LogP contribution >= 0.6 is 11.6 Å². The molecule has 1 aromatic heterocycles. The first-order valence-corrected chi connectivity index (χ1v) is 10.0. The van der Waals surface area contributed by atoms with Crippen LogP contribution in [0.25, 0.3) is 11.6 Å². The first kappa shape index (κ1) is 17.4. The minimum absolute atomic E-state index is 0.0315. The van der Waals surface area contributed by atoms with Crippen molar-refractivity contribution in [2.24, 2.45) is 5.92 Å². The molecule has 1 aliphatic heterocycles. The lowest BCUT2D eigenvalue weighted by Crippen LogP contribution is -2.13. The Morgan fingerprint density at radius 2 is 2.15 bits per heavy atom. The fourth-order valence-corrected chi connectivity index (χ4v) is 4.52. The van der Waals surface area contributed by atoms with E-state index in [0.717, 1.165) is 40.9 Å². The molecule has 26 heavy (non-hydrogen) atoms. The summed E-state index contributed by atoms with van der Waals surface area (Å²) >= 11 is 5.88. The van der Waals surface area contributed by atoms with Gasteiger partial charge < -0.3 is 10.3 Å². The lowest BCUT2D eigenvalue weighted by molar-refractivity contribution is -0.110. The number of aryl methyl sites for hydroxylation is 2. The predicted octanol–water partition coefficient (Wildman–Crippen LogP) is 5.36. The molecule has 1 aromatic carbocycles. The van der Waals surface area contributed by atoms with Crippen molar-refractivity contribution in [1.82, 2.24) is 4.98 Å². The maximum absolute atomic E-state index is 12.5. The summed E-state index contributed by atoms with van der Waals surface area (Å²) in [4.78, 5) is 16.1. The number of benzene rings is 1. The maximum Gasteiger partial charge on any atom is 0.256 e. The minimum atomic E-state index is -0.0315. The number of H-pyrrole nitrogens is 1. The van der Waals surface area contributed by atoms with E-state index in [1.54, 1.807) is 0 Å². The molecule has 136 valence electrons. The SMILES string of the molecule is CC(C)C1CCCc2[nH]c(C=C3C(=O)Nc4ccc(CCCl)cc43)cc21. The molecule has 0 saturated carbocycles. The third-order valence-corrected chi connectivity index (χ3v) is 5.84. The van der Waals surface area contributed by atoms with Crippen molar-refractivity contribution in [1.29, 1.82) is 0 Å². The number of amides is 1. The van der Waals surface area contributed by atoms with E-state index in [1.165, 1.54) is 24.1 Å². The highest BCUT2D eigenvalue weighted by atomic mass is 35.5. The summed E-state index contributed by atoms with van der Waals surface area (Å²) in [5, 5.41) is 2.97. The average Bonchev–Trinajstić information content (AvgIpc) is 3.16. The van der Waals surface area contributed by atoms with Crippen molar-refractivity contribution in [3.8, 4) is 0 Å². The third kappa shape index (κ3) is 3.09. The van der Waals surface area contributed by atoms with Crippen molar-refractivity contribution in [2.75, 3.05) is 11.2 Å². The van der Waals surface area contributed by atoms with E-state index in [9.17, 15) is 4.79 Å². The number of rotatable bonds is 4. The lowest BCUT2D eigenvalue weighted by atomic mass is 9.80. The van der Waals surface area contributed by atoms with Crippen LogP contribution in [0.3, 0.4) is 0 Å². The van der Waals surface area contributed by atoms with Gasteiger partial charge in [-0.3, -0.25) is 4.79 Å². The molecule has 2 aliphatic rings. The molecule has 0 bridgehead atoms. The summed E-state index contributed by atoms with van der Waals surface area (Å²) in [6, 6.07) is 8.34. The zero-order valence-corrected chi connectivity index (χ0v) is 16.1. The molecule has 1 aliphatic carbocycles. The Bertz CT molecular complexity index is 878. The van der Waals surface area contributed by atoms with Crippen molar-refractivity contribution in [3.63, 3.8) is 0 Å². The Balaban J connectivity index is 1.72. The Hall–Kier alpha value is -2.00. The van der Waals surface area contributed by atoms with Crippen LogP contribution in [0, 0.1) is 5.92 Å². The zero-order valence-electron chi connectivity index (χ0n) is 15.4. The summed E-state index contributed by atoms with van der Waals surface area (Å²) in [7, 11) is 0. The standard InChI is InChI=1S/C22H25ClN2O/c1-13(2)16-4-3-5-20-18(16)11-15(24-20)12-19-17-10-14(8-9-23)6-7-21(17)25-22(19)26/h6-7,10-13,16,24H,3-5,8-9H2,1-2H3,(H,25,26). The number of halogens is 1. The molecule has 2 N–H and O–H groups in total. The molecule has 1 unspecified atom stereocenters. The Labute approximate surface area is 159 Å². The highest BCUT2D eigenvalue weighted by molar-refractivity contribution is 6.34. The number of hydrogen-bond donors (Lipinski definition) is 2. The van der Waals surface area contributed by atoms with Crippen molar-refractivity contribution < 1.29 is 4.79 Å². The van der Waals surface area contributed by atoms with E-state index in [1.807, 2.05) is 18.2 Å². The van der Waals surface area contributed by atoms with Crippen LogP contribution in [0.2, 0.25) is 0 Å². The normalized spacial score (nSPS) is 20.4. The number of fused-ring (bicyclic) bond motifs is 2. The second-order valence-corrected chi connectivity index (χ2v) is 8.11. The highest BCUT2D eigenvalue weighted by Gasteiger charge is 2.27. The van der Waals surface area contributed by atoms with Crippen molar-refractivity contribution in [3.05, 3.63) is 52.3 Å². The molecule has 0 saturated heterocycles. The molecule has 0 radical (unpaired) electrons. The molecule has 0 fully saturated rings. The van der Waals surface area contributed by atoms with Gasteiger partial charge in [-0.15, -0.1) is 11.6 Å². The Morgan fingerprint density at radius 3 is 2.92 bits per heavy atom. The van der Waals surface area contributed by atoms with Crippen LogP contribution in [0.1, 0.15) is 60.7 Å². The minimum Gasteiger partial charge on any atom is -0.359 e. The fraction of sp³-hybridized carbons (Fsp3) is 0.409. The number of carbonyl (C=O) groups excluding carboxylic acids is 1. The largest absolute Gasteiger partial charge is 0.359 e. The number of hydrogen-bond acceptors (Lipinski definition) is 1. The molecule has 4 rings (SSSR count). The number of anilines is 1. The van der Waals surface area contributed by atoms with Gasteiger partial charge in [0.1, 0.15) is 0 Å². The van der Waals surface area contributed by atoms with Gasteiger partial charge in [-0.25, -0.2) is 0 Å². The van der Waals surface area contributed by atoms with Crippen LogP contribution in [0.15, 0.2) is 24.3 Å². The monoisotopic (exact) mass is 368 g/mol. The topological polar surface area (TPSA) is 44.9 Å². The third-order valence-electron chi connectivity index (χ3n) is 5.65.